The van der Waals surface area contributed by atoms with Gasteiger partial charge in [-0.1, -0.05) is 117 Å². The third-order valence-corrected chi connectivity index (χ3v) is 5.41. The Bertz CT molecular complexity index is 443. The van der Waals surface area contributed by atoms with Crippen molar-refractivity contribution in [3.05, 3.63) is 35.9 Å². The lowest BCUT2D eigenvalue weighted by Gasteiger charge is -2.15. The molecule has 1 aromatic carbocycles. The number of carbonyl (C=O) groups is 1. The standard InChI is InChI=1S/C9H11NO.C8H16.C7H14.C2H6/c1-2-10-9(11)8-6-4-3-5-7-8;1-8-6-4-2-3-5-7-8;1-7-5-3-2-4-6-7;1-2/h3-7H,2H2,1H3,(H,10,11);8H,2-7H2,1H3;7H,2-6H2,1H3;1-2H3. The van der Waals surface area contributed by atoms with E-state index in [1.165, 1.54) is 70.6 Å². The number of nitrogens with one attached hydrogen (secondary N) is 1. The Hall–Kier alpha value is -1.31. The molecule has 2 heteroatoms. The van der Waals surface area contributed by atoms with Crippen molar-refractivity contribution >= 4 is 5.91 Å². The van der Waals surface area contributed by atoms with Crippen LogP contribution in [-0.4, -0.2) is 12.5 Å². The van der Waals surface area contributed by atoms with Gasteiger partial charge in [0.15, 0.2) is 0 Å². The SMILES string of the molecule is CC.CC1CCCCC1.CC1CCCCCC1.CCNC(=O)c1ccccc1. The summed E-state index contributed by atoms with van der Waals surface area (Å²) in [7, 11) is 0. The van der Waals surface area contributed by atoms with Gasteiger partial charge in [0.1, 0.15) is 0 Å². The summed E-state index contributed by atoms with van der Waals surface area (Å²) >= 11 is 0. The van der Waals surface area contributed by atoms with Crippen molar-refractivity contribution in [1.29, 1.82) is 0 Å². The second kappa shape index (κ2) is 19.0. The summed E-state index contributed by atoms with van der Waals surface area (Å²) in [5.74, 6) is 2.05. The van der Waals surface area contributed by atoms with Crippen LogP contribution in [0.4, 0.5) is 0 Å². The lowest BCUT2D eigenvalue weighted by molar-refractivity contribution is 0.0956. The van der Waals surface area contributed by atoms with Gasteiger partial charge in [0.05, 0.1) is 0 Å². The first-order chi connectivity index (χ1) is 13.6. The molecule has 0 aromatic heterocycles. The van der Waals surface area contributed by atoms with E-state index in [1.54, 1.807) is 12.1 Å². The molecule has 0 bridgehead atoms. The van der Waals surface area contributed by atoms with Gasteiger partial charge in [-0.05, 0) is 30.9 Å². The molecular weight excluding hydrogens is 342 g/mol. The summed E-state index contributed by atoms with van der Waals surface area (Å²) in [6, 6.07) is 9.19. The molecule has 0 radical (unpaired) electrons. The van der Waals surface area contributed by atoms with Crippen LogP contribution in [-0.2, 0) is 0 Å². The van der Waals surface area contributed by atoms with Gasteiger partial charge < -0.3 is 5.32 Å². The Balaban J connectivity index is 0.000000383. The molecule has 0 spiro atoms. The Morgan fingerprint density at radius 1 is 0.786 bits per heavy atom. The molecule has 2 aliphatic rings. The zero-order chi connectivity index (χ0) is 21.0. The fraction of sp³-hybridized carbons (Fsp3) is 0.731. The smallest absolute Gasteiger partial charge is 0.251 e. The molecule has 28 heavy (non-hydrogen) atoms. The highest BCUT2D eigenvalue weighted by Gasteiger charge is 2.06. The lowest BCUT2D eigenvalue weighted by atomic mass is 9.91. The number of benzene rings is 1. The Morgan fingerprint density at radius 3 is 1.57 bits per heavy atom. The second-order valence-corrected chi connectivity index (χ2v) is 8.07. The van der Waals surface area contributed by atoms with Crippen molar-refractivity contribution in [2.75, 3.05) is 6.54 Å². The average Bonchev–Trinajstić information content (AvgIpc) is 2.99. The van der Waals surface area contributed by atoms with E-state index in [2.05, 4.69) is 19.2 Å². The maximum atomic E-state index is 11.1. The molecule has 0 heterocycles. The van der Waals surface area contributed by atoms with Gasteiger partial charge >= 0.3 is 0 Å². The second-order valence-electron chi connectivity index (χ2n) is 8.07. The Kier molecular flexibility index (Phi) is 18.1. The summed E-state index contributed by atoms with van der Waals surface area (Å²) in [4.78, 5) is 11.1. The number of hydrogen-bond donors (Lipinski definition) is 1. The summed E-state index contributed by atoms with van der Waals surface area (Å²) in [5.41, 5.74) is 0.717. The molecule has 2 nitrogen and oxygen atoms in total. The summed E-state index contributed by atoms with van der Waals surface area (Å²) in [6.45, 7) is 11.3. The van der Waals surface area contributed by atoms with E-state index in [4.69, 9.17) is 0 Å². The zero-order valence-electron chi connectivity index (χ0n) is 19.4. The van der Waals surface area contributed by atoms with Crippen molar-refractivity contribution in [1.82, 2.24) is 5.32 Å². The van der Waals surface area contributed by atoms with Gasteiger partial charge in [-0.2, -0.15) is 0 Å². The third kappa shape index (κ3) is 14.7. The average molecular weight is 390 g/mol. The maximum absolute atomic E-state index is 11.1. The van der Waals surface area contributed by atoms with Crippen LogP contribution in [0, 0.1) is 11.8 Å². The molecule has 1 amide bonds. The normalized spacial score (nSPS) is 17.3. The molecule has 2 fully saturated rings. The molecule has 0 unspecified atom stereocenters. The van der Waals surface area contributed by atoms with Gasteiger partial charge in [-0.15, -0.1) is 0 Å². The lowest BCUT2D eigenvalue weighted by Crippen LogP contribution is -2.22. The van der Waals surface area contributed by atoms with Crippen molar-refractivity contribution in [2.45, 2.75) is 105 Å². The van der Waals surface area contributed by atoms with Crippen LogP contribution in [0.15, 0.2) is 30.3 Å². The molecule has 3 rings (SSSR count). The van der Waals surface area contributed by atoms with E-state index in [0.717, 1.165) is 11.8 Å². The third-order valence-electron chi connectivity index (χ3n) is 5.41. The van der Waals surface area contributed by atoms with E-state index in [1.807, 2.05) is 39.0 Å². The van der Waals surface area contributed by atoms with E-state index < -0.39 is 0 Å². The summed E-state index contributed by atoms with van der Waals surface area (Å²) in [5, 5.41) is 2.72. The topological polar surface area (TPSA) is 29.1 Å². The first kappa shape index (κ1) is 26.7. The molecule has 0 atom stereocenters. The predicted molar refractivity (Wildman–Crippen MR) is 125 cm³/mol. The monoisotopic (exact) mass is 389 g/mol. The molecule has 1 aromatic rings. The predicted octanol–water partition coefficient (Wildman–Crippen LogP) is 8.03. The van der Waals surface area contributed by atoms with E-state index in [0.29, 0.717) is 12.1 Å². The molecule has 2 aliphatic carbocycles. The first-order valence-electron chi connectivity index (χ1n) is 12.0. The van der Waals surface area contributed by atoms with Crippen molar-refractivity contribution in [3.63, 3.8) is 0 Å². The van der Waals surface area contributed by atoms with Crippen LogP contribution in [0.25, 0.3) is 0 Å². The highest BCUT2D eigenvalue weighted by atomic mass is 16.1. The number of amides is 1. The quantitative estimate of drug-likeness (QED) is 0.510. The molecular formula is C26H47NO. The number of hydrogen-bond acceptors (Lipinski definition) is 1. The van der Waals surface area contributed by atoms with Crippen LogP contribution in [0.3, 0.4) is 0 Å². The summed E-state index contributed by atoms with van der Waals surface area (Å²) < 4.78 is 0. The fourth-order valence-electron chi connectivity index (χ4n) is 3.64. The van der Waals surface area contributed by atoms with Crippen molar-refractivity contribution < 1.29 is 4.79 Å². The largest absolute Gasteiger partial charge is 0.352 e. The van der Waals surface area contributed by atoms with E-state index >= 15 is 0 Å². The van der Waals surface area contributed by atoms with Crippen molar-refractivity contribution in [2.24, 2.45) is 11.8 Å². The zero-order valence-corrected chi connectivity index (χ0v) is 19.4. The van der Waals surface area contributed by atoms with Crippen LogP contribution >= 0.6 is 0 Å². The molecule has 2 saturated carbocycles. The highest BCUT2D eigenvalue weighted by Crippen LogP contribution is 2.22. The summed E-state index contributed by atoms with van der Waals surface area (Å²) in [6.07, 6.45) is 16.4. The van der Waals surface area contributed by atoms with Gasteiger partial charge in [-0.25, -0.2) is 0 Å². The highest BCUT2D eigenvalue weighted by molar-refractivity contribution is 5.94. The molecule has 162 valence electrons. The minimum Gasteiger partial charge on any atom is -0.352 e. The van der Waals surface area contributed by atoms with Crippen LogP contribution < -0.4 is 5.32 Å². The Morgan fingerprint density at radius 2 is 1.18 bits per heavy atom. The van der Waals surface area contributed by atoms with E-state index in [-0.39, 0.29) is 5.91 Å². The number of rotatable bonds is 2. The van der Waals surface area contributed by atoms with Crippen LogP contribution in [0.1, 0.15) is 116 Å². The van der Waals surface area contributed by atoms with Crippen LogP contribution in [0.2, 0.25) is 0 Å². The van der Waals surface area contributed by atoms with Gasteiger partial charge in [0.25, 0.3) is 5.91 Å². The van der Waals surface area contributed by atoms with Gasteiger partial charge in [-0.3, -0.25) is 4.79 Å². The van der Waals surface area contributed by atoms with E-state index in [9.17, 15) is 4.79 Å². The molecule has 0 aliphatic heterocycles. The number of carbonyl (C=O) groups excluding carboxylic acids is 1. The van der Waals surface area contributed by atoms with Gasteiger partial charge in [0, 0.05) is 12.1 Å². The minimum atomic E-state index is -0.00639. The first-order valence-corrected chi connectivity index (χ1v) is 12.0. The van der Waals surface area contributed by atoms with Crippen LogP contribution in [0.5, 0.6) is 0 Å². The maximum Gasteiger partial charge on any atom is 0.251 e. The van der Waals surface area contributed by atoms with Crippen molar-refractivity contribution in [3.8, 4) is 0 Å². The Labute approximate surface area is 175 Å². The molecule has 1 N–H and O–H groups in total. The molecule has 0 saturated heterocycles. The fourth-order valence-corrected chi connectivity index (χ4v) is 3.64. The minimum absolute atomic E-state index is 0.00639. The van der Waals surface area contributed by atoms with Gasteiger partial charge in [0.2, 0.25) is 0 Å².